The second-order valence-corrected chi connectivity index (χ2v) is 6.71. The van der Waals surface area contributed by atoms with Crippen LogP contribution in [-0.4, -0.2) is 57.9 Å². The third-order valence-electron chi connectivity index (χ3n) is 4.71. The van der Waals surface area contributed by atoms with E-state index in [4.69, 9.17) is 4.42 Å². The fourth-order valence-electron chi connectivity index (χ4n) is 3.03. The average molecular weight is 341 g/mol. The largest absolute Gasteiger partial charge is 0.447 e. The van der Waals surface area contributed by atoms with Gasteiger partial charge in [-0.15, -0.1) is 0 Å². The van der Waals surface area contributed by atoms with Crippen molar-refractivity contribution in [2.24, 2.45) is 0 Å². The van der Waals surface area contributed by atoms with Crippen molar-refractivity contribution < 1.29 is 9.21 Å². The summed E-state index contributed by atoms with van der Waals surface area (Å²) < 4.78 is 5.42. The summed E-state index contributed by atoms with van der Waals surface area (Å²) in [6.45, 7) is 4.64. The molecule has 7 nitrogen and oxygen atoms in total. The molecule has 3 heterocycles. The minimum absolute atomic E-state index is 0.0371. The van der Waals surface area contributed by atoms with Crippen LogP contribution in [0.25, 0.3) is 0 Å². The highest BCUT2D eigenvalue weighted by Gasteiger charge is 2.25. The van der Waals surface area contributed by atoms with Gasteiger partial charge in [-0.05, 0) is 30.5 Å². The second kappa shape index (κ2) is 7.33. The van der Waals surface area contributed by atoms with Gasteiger partial charge >= 0.3 is 0 Å². The smallest absolute Gasteiger partial charge is 0.275 e. The van der Waals surface area contributed by atoms with Crippen molar-refractivity contribution in [3.63, 3.8) is 0 Å². The molecule has 0 aromatic carbocycles. The number of carbonyl (C=O) groups is 1. The molecule has 0 bridgehead atoms. The minimum Gasteiger partial charge on any atom is -0.447 e. The highest BCUT2D eigenvalue weighted by atomic mass is 16.3. The number of pyridine rings is 1. The van der Waals surface area contributed by atoms with Crippen LogP contribution in [0.5, 0.6) is 0 Å². The maximum Gasteiger partial charge on any atom is 0.275 e. The van der Waals surface area contributed by atoms with E-state index in [1.165, 1.54) is 24.7 Å². The Balaban J connectivity index is 1.27. The summed E-state index contributed by atoms with van der Waals surface area (Å²) in [7, 11) is 0. The lowest BCUT2D eigenvalue weighted by Crippen LogP contribution is -2.48. The molecule has 1 aliphatic carbocycles. The maximum atomic E-state index is 12.6. The van der Waals surface area contributed by atoms with Gasteiger partial charge < -0.3 is 14.6 Å². The quantitative estimate of drug-likeness (QED) is 0.853. The zero-order valence-corrected chi connectivity index (χ0v) is 14.2. The van der Waals surface area contributed by atoms with Crippen molar-refractivity contribution in [1.29, 1.82) is 0 Å². The number of nitrogens with one attached hydrogen (secondary N) is 1. The standard InChI is InChI=1S/C18H23N5O2/c24-18(16-13-25-17(21-16)11-20-15-1-2-15)23-9-7-22(8-10-23)12-14-3-5-19-6-4-14/h3-6,13,15,20H,1-2,7-12H2. The van der Waals surface area contributed by atoms with Crippen molar-refractivity contribution in [1.82, 2.24) is 25.1 Å². The Kier molecular flexibility index (Phi) is 4.76. The number of hydrogen-bond acceptors (Lipinski definition) is 6. The number of nitrogens with zero attached hydrogens (tertiary/aromatic N) is 4. The Bertz CT molecular complexity index is 705. The van der Waals surface area contributed by atoms with E-state index in [9.17, 15) is 4.79 Å². The van der Waals surface area contributed by atoms with E-state index in [2.05, 4.69) is 20.2 Å². The first-order valence-electron chi connectivity index (χ1n) is 8.86. The number of carbonyl (C=O) groups excluding carboxylic acids is 1. The zero-order chi connectivity index (χ0) is 17.1. The van der Waals surface area contributed by atoms with Gasteiger partial charge in [0.1, 0.15) is 6.26 Å². The number of oxazole rings is 1. The first kappa shape index (κ1) is 16.2. The number of rotatable bonds is 6. The summed E-state index contributed by atoms with van der Waals surface area (Å²) in [5.74, 6) is 0.552. The summed E-state index contributed by atoms with van der Waals surface area (Å²) in [4.78, 5) is 25.2. The first-order valence-corrected chi connectivity index (χ1v) is 8.86. The molecule has 25 heavy (non-hydrogen) atoms. The molecule has 1 saturated heterocycles. The van der Waals surface area contributed by atoms with Crippen molar-refractivity contribution in [3.8, 4) is 0 Å². The molecule has 1 N–H and O–H groups in total. The molecule has 0 unspecified atom stereocenters. The normalized spacial score (nSPS) is 18.5. The van der Waals surface area contributed by atoms with Crippen molar-refractivity contribution in [2.75, 3.05) is 26.2 Å². The summed E-state index contributed by atoms with van der Waals surface area (Å²) in [5.41, 5.74) is 1.66. The fourth-order valence-corrected chi connectivity index (χ4v) is 3.03. The highest BCUT2D eigenvalue weighted by molar-refractivity contribution is 5.92. The molecular formula is C18H23N5O2. The number of hydrogen-bond donors (Lipinski definition) is 1. The van der Waals surface area contributed by atoms with Gasteiger partial charge in [0.2, 0.25) is 5.89 Å². The topological polar surface area (TPSA) is 74.5 Å². The molecule has 7 heteroatoms. The molecule has 2 aliphatic rings. The van der Waals surface area contributed by atoms with Gasteiger partial charge in [-0.1, -0.05) is 0 Å². The summed E-state index contributed by atoms with van der Waals surface area (Å²) in [5, 5.41) is 3.34. The van der Waals surface area contributed by atoms with Crippen molar-refractivity contribution in [3.05, 3.63) is 47.9 Å². The predicted octanol–water partition coefficient (Wildman–Crippen LogP) is 1.28. The van der Waals surface area contributed by atoms with Crippen LogP contribution in [0.3, 0.4) is 0 Å². The molecule has 0 atom stereocenters. The van der Waals surface area contributed by atoms with Crippen LogP contribution in [0.15, 0.2) is 35.2 Å². The number of amides is 1. The van der Waals surface area contributed by atoms with E-state index >= 15 is 0 Å². The van der Waals surface area contributed by atoms with Crippen molar-refractivity contribution in [2.45, 2.75) is 32.0 Å². The Morgan fingerprint density at radius 2 is 1.96 bits per heavy atom. The van der Waals surface area contributed by atoms with Gasteiger partial charge in [0.05, 0.1) is 6.54 Å². The van der Waals surface area contributed by atoms with Gasteiger partial charge in [-0.3, -0.25) is 14.7 Å². The fraction of sp³-hybridized carbons (Fsp3) is 0.500. The molecule has 4 rings (SSSR count). The third kappa shape index (κ3) is 4.24. The molecule has 0 spiro atoms. The van der Waals surface area contributed by atoms with Crippen LogP contribution >= 0.6 is 0 Å². The predicted molar refractivity (Wildman–Crippen MR) is 91.8 cm³/mol. The second-order valence-electron chi connectivity index (χ2n) is 6.71. The third-order valence-corrected chi connectivity index (χ3v) is 4.71. The molecule has 1 aliphatic heterocycles. The number of piperazine rings is 1. The van der Waals surface area contributed by atoms with Crippen LogP contribution in [0.2, 0.25) is 0 Å². The van der Waals surface area contributed by atoms with Gasteiger partial charge in [0.15, 0.2) is 5.69 Å². The van der Waals surface area contributed by atoms with Crippen LogP contribution in [0, 0.1) is 0 Å². The molecule has 132 valence electrons. The molecule has 1 amide bonds. The Morgan fingerprint density at radius 3 is 2.68 bits per heavy atom. The highest BCUT2D eigenvalue weighted by Crippen LogP contribution is 2.19. The summed E-state index contributed by atoms with van der Waals surface area (Å²) in [6.07, 6.45) is 7.55. The average Bonchev–Trinajstić information content (AvgIpc) is 3.37. The van der Waals surface area contributed by atoms with Crippen LogP contribution in [0.4, 0.5) is 0 Å². The Morgan fingerprint density at radius 1 is 1.20 bits per heavy atom. The Hall–Kier alpha value is -2.25. The van der Waals surface area contributed by atoms with Crippen molar-refractivity contribution >= 4 is 5.91 Å². The van der Waals surface area contributed by atoms with Gasteiger partial charge in [-0.25, -0.2) is 4.98 Å². The first-order chi connectivity index (χ1) is 12.3. The lowest BCUT2D eigenvalue weighted by molar-refractivity contribution is 0.0622. The van der Waals surface area contributed by atoms with Gasteiger partial charge in [-0.2, -0.15) is 0 Å². The van der Waals surface area contributed by atoms with Crippen LogP contribution in [-0.2, 0) is 13.1 Å². The summed E-state index contributed by atoms with van der Waals surface area (Å²) in [6, 6.07) is 4.66. The monoisotopic (exact) mass is 341 g/mol. The van der Waals surface area contributed by atoms with E-state index < -0.39 is 0 Å². The van der Waals surface area contributed by atoms with Gasteiger partial charge in [0, 0.05) is 51.2 Å². The zero-order valence-electron chi connectivity index (χ0n) is 14.2. The lowest BCUT2D eigenvalue weighted by atomic mass is 10.2. The molecule has 2 aromatic heterocycles. The van der Waals surface area contributed by atoms with Crippen LogP contribution in [0.1, 0.15) is 34.8 Å². The van der Waals surface area contributed by atoms with Crippen LogP contribution < -0.4 is 5.32 Å². The Labute approximate surface area is 147 Å². The lowest BCUT2D eigenvalue weighted by Gasteiger charge is -2.34. The number of aromatic nitrogens is 2. The molecule has 1 saturated carbocycles. The van der Waals surface area contributed by atoms with Gasteiger partial charge in [0.25, 0.3) is 5.91 Å². The molecule has 2 fully saturated rings. The summed E-state index contributed by atoms with van der Waals surface area (Å²) >= 11 is 0. The van der Waals surface area contributed by atoms with E-state index in [0.717, 1.165) is 19.6 Å². The SMILES string of the molecule is O=C(c1coc(CNC2CC2)n1)N1CCN(Cc2ccncc2)CC1. The molecule has 2 aromatic rings. The molecule has 0 radical (unpaired) electrons. The van der Waals surface area contributed by atoms with E-state index in [1.54, 1.807) is 0 Å². The maximum absolute atomic E-state index is 12.6. The van der Waals surface area contributed by atoms with E-state index in [1.807, 2.05) is 29.4 Å². The minimum atomic E-state index is -0.0371. The van der Waals surface area contributed by atoms with E-state index in [-0.39, 0.29) is 5.91 Å². The van der Waals surface area contributed by atoms with E-state index in [0.29, 0.717) is 37.3 Å². The molecular weight excluding hydrogens is 318 g/mol.